The lowest BCUT2D eigenvalue weighted by Crippen LogP contribution is -2.54. The summed E-state index contributed by atoms with van der Waals surface area (Å²) >= 11 is 1.42. The van der Waals surface area contributed by atoms with Gasteiger partial charge in [0.2, 0.25) is 11.0 Å². The van der Waals surface area contributed by atoms with Crippen molar-refractivity contribution < 1.29 is 4.79 Å². The third-order valence-corrected chi connectivity index (χ3v) is 5.18. The molecule has 126 valence electrons. The van der Waals surface area contributed by atoms with Gasteiger partial charge in [-0.2, -0.15) is 9.64 Å². The molecule has 1 aliphatic heterocycles. The molecule has 0 aromatic carbocycles. The second-order valence-corrected chi connectivity index (χ2v) is 7.13. The molecule has 2 heterocycles. The molecule has 2 rings (SSSR count). The maximum absolute atomic E-state index is 12.2. The topological polar surface area (TPSA) is 85.2 Å². The van der Waals surface area contributed by atoms with Crippen LogP contribution in [0.25, 0.3) is 0 Å². The maximum atomic E-state index is 12.2. The minimum atomic E-state index is -0.816. The summed E-state index contributed by atoms with van der Waals surface area (Å²) in [7, 11) is 0. The third kappa shape index (κ3) is 4.39. The number of carbonyl (C=O) groups excluding carboxylic acids is 1. The number of nitrogens with one attached hydrogen (secondary N) is 1. The van der Waals surface area contributed by atoms with Gasteiger partial charge >= 0.3 is 0 Å². The summed E-state index contributed by atoms with van der Waals surface area (Å²) < 4.78 is 4.21. The van der Waals surface area contributed by atoms with E-state index in [1.807, 2.05) is 20.8 Å². The highest BCUT2D eigenvalue weighted by atomic mass is 32.1. The molecule has 0 aliphatic carbocycles. The smallest absolute Gasteiger partial charge is 0.235 e. The fraction of sp³-hybridized carbons (Fsp3) is 0.733. The molecular formula is C15H24N6OS. The number of carbonyl (C=O) groups is 1. The van der Waals surface area contributed by atoms with Crippen LogP contribution in [0.1, 0.15) is 26.6 Å². The molecule has 8 heteroatoms. The van der Waals surface area contributed by atoms with Crippen molar-refractivity contribution in [2.75, 3.05) is 37.6 Å². The summed E-state index contributed by atoms with van der Waals surface area (Å²) in [6.45, 7) is 11.1. The average Bonchev–Trinajstić information content (AvgIpc) is 2.94. The number of nitriles is 1. The van der Waals surface area contributed by atoms with E-state index in [1.54, 1.807) is 6.92 Å². The molecule has 1 amide bonds. The van der Waals surface area contributed by atoms with Crippen LogP contribution >= 0.6 is 11.5 Å². The highest BCUT2D eigenvalue weighted by Crippen LogP contribution is 2.19. The third-order valence-electron chi connectivity index (χ3n) is 4.31. The number of anilines is 1. The van der Waals surface area contributed by atoms with E-state index >= 15 is 0 Å². The van der Waals surface area contributed by atoms with Crippen LogP contribution in [0.4, 0.5) is 5.13 Å². The van der Waals surface area contributed by atoms with Gasteiger partial charge in [-0.25, -0.2) is 4.98 Å². The van der Waals surface area contributed by atoms with Gasteiger partial charge in [-0.3, -0.25) is 9.69 Å². The van der Waals surface area contributed by atoms with Crippen LogP contribution in [-0.4, -0.2) is 58.4 Å². The molecule has 0 spiro atoms. The molecule has 1 unspecified atom stereocenters. The highest BCUT2D eigenvalue weighted by Gasteiger charge is 2.31. The Morgan fingerprint density at radius 3 is 2.57 bits per heavy atom. The van der Waals surface area contributed by atoms with E-state index in [0.717, 1.165) is 37.1 Å². The quantitative estimate of drug-likeness (QED) is 0.864. The normalized spacial score (nSPS) is 18.5. The van der Waals surface area contributed by atoms with Crippen molar-refractivity contribution in [1.29, 1.82) is 5.26 Å². The summed E-state index contributed by atoms with van der Waals surface area (Å²) in [5, 5.41) is 13.1. The molecule has 23 heavy (non-hydrogen) atoms. The van der Waals surface area contributed by atoms with Crippen LogP contribution in [0.3, 0.4) is 0 Å². The van der Waals surface area contributed by atoms with Gasteiger partial charge in [0.25, 0.3) is 0 Å². The van der Waals surface area contributed by atoms with Crippen LogP contribution in [-0.2, 0) is 4.79 Å². The van der Waals surface area contributed by atoms with Crippen molar-refractivity contribution in [2.24, 2.45) is 5.92 Å². The van der Waals surface area contributed by atoms with Gasteiger partial charge in [0, 0.05) is 37.7 Å². The van der Waals surface area contributed by atoms with Crippen molar-refractivity contribution in [1.82, 2.24) is 19.6 Å². The predicted octanol–water partition coefficient (Wildman–Crippen LogP) is 1.02. The summed E-state index contributed by atoms with van der Waals surface area (Å²) in [6.07, 6.45) is 0. The van der Waals surface area contributed by atoms with Crippen LogP contribution in [0.5, 0.6) is 0 Å². The molecule has 1 aromatic rings. The summed E-state index contributed by atoms with van der Waals surface area (Å²) in [6, 6.07) is 2.20. The first-order valence-electron chi connectivity index (χ1n) is 7.84. The Balaban J connectivity index is 1.82. The second-order valence-electron chi connectivity index (χ2n) is 6.40. The fourth-order valence-electron chi connectivity index (χ4n) is 2.35. The number of piperazine rings is 1. The van der Waals surface area contributed by atoms with Gasteiger partial charge in [-0.1, -0.05) is 13.8 Å². The zero-order valence-corrected chi connectivity index (χ0v) is 15.0. The average molecular weight is 336 g/mol. The zero-order chi connectivity index (χ0) is 17.0. The lowest BCUT2D eigenvalue weighted by atomic mass is 9.90. The van der Waals surface area contributed by atoms with E-state index < -0.39 is 5.54 Å². The Morgan fingerprint density at radius 1 is 1.43 bits per heavy atom. The number of hydrogen-bond donors (Lipinski definition) is 1. The highest BCUT2D eigenvalue weighted by molar-refractivity contribution is 7.09. The van der Waals surface area contributed by atoms with E-state index in [1.165, 1.54) is 11.5 Å². The van der Waals surface area contributed by atoms with Gasteiger partial charge in [0.05, 0.1) is 12.6 Å². The van der Waals surface area contributed by atoms with E-state index in [9.17, 15) is 10.1 Å². The summed E-state index contributed by atoms with van der Waals surface area (Å²) in [4.78, 5) is 20.9. The Bertz CT molecular complexity index is 587. The van der Waals surface area contributed by atoms with Crippen LogP contribution in [0.2, 0.25) is 0 Å². The van der Waals surface area contributed by atoms with Crippen molar-refractivity contribution >= 4 is 22.6 Å². The number of aromatic nitrogens is 2. The molecule has 1 aromatic heterocycles. The Kier molecular flexibility index (Phi) is 5.55. The van der Waals surface area contributed by atoms with Crippen molar-refractivity contribution in [2.45, 2.75) is 33.2 Å². The minimum absolute atomic E-state index is 0.0638. The Morgan fingerprint density at radius 2 is 2.09 bits per heavy atom. The van der Waals surface area contributed by atoms with Crippen LogP contribution in [0, 0.1) is 24.2 Å². The SMILES string of the molecule is Cc1nsc(N2CCN(CC(=O)NC(C)(C#N)C(C)C)CC2)n1. The molecule has 1 N–H and O–H groups in total. The van der Waals surface area contributed by atoms with Crippen molar-refractivity contribution in [3.05, 3.63) is 5.82 Å². The molecule has 1 aliphatic rings. The maximum Gasteiger partial charge on any atom is 0.235 e. The molecule has 0 radical (unpaired) electrons. The Labute approximate surface area is 141 Å². The van der Waals surface area contributed by atoms with E-state index in [0.29, 0.717) is 6.54 Å². The number of rotatable bonds is 5. The fourth-order valence-corrected chi connectivity index (χ4v) is 3.07. The zero-order valence-electron chi connectivity index (χ0n) is 14.2. The molecule has 1 fully saturated rings. The monoisotopic (exact) mass is 336 g/mol. The molecule has 1 atom stereocenters. The van der Waals surface area contributed by atoms with Gasteiger partial charge in [-0.05, 0) is 19.8 Å². The number of aryl methyl sites for hydroxylation is 1. The lowest BCUT2D eigenvalue weighted by Gasteiger charge is -2.35. The van der Waals surface area contributed by atoms with E-state index in [-0.39, 0.29) is 11.8 Å². The van der Waals surface area contributed by atoms with Gasteiger partial charge < -0.3 is 10.2 Å². The minimum Gasteiger partial charge on any atom is -0.344 e. The summed E-state index contributed by atoms with van der Waals surface area (Å²) in [5.74, 6) is 0.771. The van der Waals surface area contributed by atoms with Crippen LogP contribution in [0.15, 0.2) is 0 Å². The molecule has 0 bridgehead atoms. The van der Waals surface area contributed by atoms with Crippen molar-refractivity contribution in [3.8, 4) is 6.07 Å². The standard InChI is InChI=1S/C15H24N6OS/c1-11(2)15(4,10-16)18-13(22)9-20-5-7-21(8-6-20)14-17-12(3)19-23-14/h11H,5-9H2,1-4H3,(H,18,22). The largest absolute Gasteiger partial charge is 0.344 e. The van der Waals surface area contributed by atoms with Gasteiger partial charge in [0.1, 0.15) is 11.4 Å². The number of nitrogens with zero attached hydrogens (tertiary/aromatic N) is 5. The van der Waals surface area contributed by atoms with Crippen molar-refractivity contribution in [3.63, 3.8) is 0 Å². The lowest BCUT2D eigenvalue weighted by molar-refractivity contribution is -0.124. The predicted molar refractivity (Wildman–Crippen MR) is 90.3 cm³/mol. The van der Waals surface area contributed by atoms with Crippen LogP contribution < -0.4 is 10.2 Å². The summed E-state index contributed by atoms with van der Waals surface area (Å²) in [5.41, 5.74) is -0.816. The first kappa shape index (κ1) is 17.6. The Hall–Kier alpha value is -1.72. The van der Waals surface area contributed by atoms with Gasteiger partial charge in [0.15, 0.2) is 0 Å². The molecule has 0 saturated carbocycles. The first-order chi connectivity index (χ1) is 10.8. The van der Waals surface area contributed by atoms with E-state index in [2.05, 4.69) is 30.5 Å². The molecule has 7 nitrogen and oxygen atoms in total. The molecular weight excluding hydrogens is 312 g/mol. The molecule has 1 saturated heterocycles. The van der Waals surface area contributed by atoms with E-state index in [4.69, 9.17) is 0 Å². The first-order valence-corrected chi connectivity index (χ1v) is 8.61. The number of hydrogen-bond acceptors (Lipinski definition) is 7. The second kappa shape index (κ2) is 7.23. The van der Waals surface area contributed by atoms with Gasteiger partial charge in [-0.15, -0.1) is 0 Å². The number of amides is 1.